The van der Waals surface area contributed by atoms with Crippen molar-refractivity contribution < 1.29 is 39.0 Å². The second-order valence-corrected chi connectivity index (χ2v) is 13.2. The highest BCUT2D eigenvalue weighted by Gasteiger charge is 2.07. The van der Waals surface area contributed by atoms with E-state index >= 15 is 0 Å². The van der Waals surface area contributed by atoms with Gasteiger partial charge in [0.25, 0.3) is 0 Å². The minimum Gasteiger partial charge on any atom is -0.508 e. The summed E-state index contributed by atoms with van der Waals surface area (Å²) in [6.45, 7) is 7.77. The van der Waals surface area contributed by atoms with E-state index < -0.39 is 0 Å². The predicted molar refractivity (Wildman–Crippen MR) is 211 cm³/mol. The molecule has 0 aromatic heterocycles. The summed E-state index contributed by atoms with van der Waals surface area (Å²) in [6.07, 6.45) is 9.66. The van der Waals surface area contributed by atoms with Crippen molar-refractivity contribution in [3.63, 3.8) is 0 Å². The van der Waals surface area contributed by atoms with Crippen molar-refractivity contribution in [2.45, 2.75) is 27.7 Å². The average molecular weight is 763 g/mol. The Morgan fingerprint density at radius 3 is 1.38 bits per heavy atom. The van der Waals surface area contributed by atoms with Gasteiger partial charge in [0.2, 0.25) is 0 Å². The molecule has 0 amide bonds. The minimum absolute atomic E-state index is 0.0340. The van der Waals surface area contributed by atoms with Crippen LogP contribution in [-0.4, -0.2) is 52.8 Å². The molecule has 0 unspecified atom stereocenters. The molecule has 0 aliphatic rings. The van der Waals surface area contributed by atoms with E-state index in [9.17, 15) is 14.7 Å². The fourth-order valence-corrected chi connectivity index (χ4v) is 5.31. The first-order valence-electron chi connectivity index (χ1n) is 15.1. The lowest BCUT2D eigenvalue weighted by Gasteiger charge is -2.11. The molecule has 5 N–H and O–H groups in total. The first-order valence-corrected chi connectivity index (χ1v) is 18.7. The van der Waals surface area contributed by atoms with E-state index in [2.05, 4.69) is 5.32 Å². The molecular weight excluding hydrogens is 721 g/mol. The van der Waals surface area contributed by atoms with E-state index in [-0.39, 0.29) is 35.4 Å². The van der Waals surface area contributed by atoms with E-state index in [1.165, 1.54) is 17.3 Å². The van der Waals surface area contributed by atoms with Gasteiger partial charge in [0.15, 0.2) is 11.6 Å². The maximum absolute atomic E-state index is 12.3. The van der Waals surface area contributed by atoms with E-state index in [1.54, 1.807) is 72.1 Å². The van der Waals surface area contributed by atoms with Gasteiger partial charge < -0.3 is 21.3 Å². The van der Waals surface area contributed by atoms with Crippen molar-refractivity contribution >= 4 is 70.5 Å². The molecule has 0 bridgehead atoms. The molecule has 10 nitrogen and oxygen atoms in total. The highest BCUT2D eigenvalue weighted by molar-refractivity contribution is 8.21. The normalized spacial score (nSPS) is 9.56. The van der Waals surface area contributed by atoms with Crippen LogP contribution in [0.4, 0.5) is 11.4 Å². The van der Waals surface area contributed by atoms with Gasteiger partial charge >= 0.3 is 12.3 Å². The Hall–Kier alpha value is -5.29. The summed E-state index contributed by atoms with van der Waals surface area (Å²) < 4.78 is 1.04. The molecule has 0 aliphatic heterocycles. The molecule has 0 saturated carbocycles. The van der Waals surface area contributed by atoms with Crippen LogP contribution in [0.3, 0.4) is 0 Å². The molecule has 4 aromatic rings. The lowest BCUT2D eigenvalue weighted by molar-refractivity contribution is -0.193. The maximum Gasteiger partial charge on any atom is 0.373 e. The van der Waals surface area contributed by atoms with Crippen LogP contribution in [0.1, 0.15) is 43.0 Å². The zero-order valence-electron chi connectivity index (χ0n) is 29.9. The number of rotatable bonds is 9. The van der Waals surface area contributed by atoms with Crippen LogP contribution in [0.5, 0.6) is 11.5 Å². The summed E-state index contributed by atoms with van der Waals surface area (Å²) in [5.41, 5.74) is 12.6. The van der Waals surface area contributed by atoms with Gasteiger partial charge in [0.1, 0.15) is 11.5 Å². The number of anilines is 2. The van der Waals surface area contributed by atoms with Crippen molar-refractivity contribution in [2.24, 2.45) is 0 Å². The van der Waals surface area contributed by atoms with Crippen molar-refractivity contribution in [3.05, 3.63) is 140 Å². The molecule has 0 heterocycles. The minimum atomic E-state index is -0.0340. The standard InChI is InChI=1S/C18H19NO2S.C12H14OS2.C7H9NO.2CO2/c1-12-4-6-14(7-5-12)17(21)11-18(22-3)19-16-9-8-15(20)10-13(16)2;1-9-4-6-10(7-5-9)11(13)8-12(14-2)15-3;1-5-4-6(9)2-3-7(5)8;2*2-1-3/h4-11,19-20H,1-3H3;4-8H,1-3H3;2-4,9H,8H2,1H3;;/b18-11-;;;;. The Labute approximate surface area is 317 Å². The summed E-state index contributed by atoms with van der Waals surface area (Å²) in [5.74, 6) is 0.539. The predicted octanol–water partition coefficient (Wildman–Crippen LogP) is 8.37. The average Bonchev–Trinajstić information content (AvgIpc) is 3.11. The van der Waals surface area contributed by atoms with Gasteiger partial charge in [0.05, 0.1) is 5.03 Å². The molecule has 0 atom stereocenters. The largest absolute Gasteiger partial charge is 0.508 e. The number of nitrogens with two attached hydrogens (primary N) is 1. The molecule has 0 fully saturated rings. The van der Waals surface area contributed by atoms with Crippen LogP contribution in [0.25, 0.3) is 0 Å². The summed E-state index contributed by atoms with van der Waals surface area (Å²) >= 11 is 4.67. The molecule has 52 heavy (non-hydrogen) atoms. The van der Waals surface area contributed by atoms with Crippen molar-refractivity contribution in [3.8, 4) is 11.5 Å². The number of nitrogen functional groups attached to an aromatic ring is 1. The fraction of sp³-hybridized carbons (Fsp3) is 0.179. The zero-order valence-corrected chi connectivity index (χ0v) is 32.3. The van der Waals surface area contributed by atoms with Crippen LogP contribution in [0.15, 0.2) is 106 Å². The fourth-order valence-electron chi connectivity index (χ4n) is 3.76. The lowest BCUT2D eigenvalue weighted by atomic mass is 10.1. The number of phenolic OH excluding ortho intramolecular Hbond substituents is 2. The van der Waals surface area contributed by atoms with Gasteiger partial charge in [0, 0.05) is 38.9 Å². The second kappa shape index (κ2) is 26.5. The van der Waals surface area contributed by atoms with Crippen molar-refractivity contribution in [1.82, 2.24) is 0 Å². The van der Waals surface area contributed by atoms with Gasteiger partial charge in [-0.15, -0.1) is 35.3 Å². The summed E-state index contributed by atoms with van der Waals surface area (Å²) in [5, 5.41) is 22.3. The third-order valence-electron chi connectivity index (χ3n) is 6.53. The molecule has 0 saturated heterocycles. The maximum atomic E-state index is 12.3. The van der Waals surface area contributed by atoms with Gasteiger partial charge in [-0.25, -0.2) is 0 Å². The number of aromatic hydroxyl groups is 2. The Morgan fingerprint density at radius 1 is 0.615 bits per heavy atom. The first kappa shape index (κ1) is 46.7. The van der Waals surface area contributed by atoms with Crippen LogP contribution < -0.4 is 11.1 Å². The van der Waals surface area contributed by atoms with E-state index in [0.717, 1.165) is 37.2 Å². The Kier molecular flexibility index (Phi) is 23.8. The van der Waals surface area contributed by atoms with Crippen molar-refractivity contribution in [2.75, 3.05) is 29.8 Å². The molecule has 4 aromatic carbocycles. The molecule has 13 heteroatoms. The Morgan fingerprint density at radius 2 is 1.02 bits per heavy atom. The Balaban J connectivity index is 0.000000746. The number of carbonyl (C=O) groups is 2. The third-order valence-corrected chi connectivity index (χ3v) is 9.23. The second-order valence-electron chi connectivity index (χ2n) is 10.4. The Bertz CT molecular complexity index is 1840. The van der Waals surface area contributed by atoms with Gasteiger partial charge in [-0.3, -0.25) is 9.59 Å². The van der Waals surface area contributed by atoms with E-state index in [4.69, 9.17) is 30.0 Å². The summed E-state index contributed by atoms with van der Waals surface area (Å²) in [4.78, 5) is 56.6. The monoisotopic (exact) mass is 762 g/mol. The number of phenols is 2. The SMILES string of the molecule is CS/C(=C\C(=O)c1ccc(C)cc1)Nc1ccc(O)cc1C.CSC(=CC(=O)c1ccc(C)cc1)SC.Cc1cc(O)ccc1N.O=C=O.O=C=O. The number of allylic oxidation sites excluding steroid dienone is 2. The molecule has 4 rings (SSSR count). The molecule has 0 radical (unpaired) electrons. The number of carbonyl (C=O) groups excluding carboxylic acids is 6. The van der Waals surface area contributed by atoms with Crippen LogP contribution in [0.2, 0.25) is 0 Å². The highest BCUT2D eigenvalue weighted by Crippen LogP contribution is 2.25. The van der Waals surface area contributed by atoms with E-state index in [1.807, 2.05) is 95.0 Å². The number of ketones is 2. The number of benzene rings is 4. The molecule has 274 valence electrons. The number of hydrogen-bond acceptors (Lipinski definition) is 13. The smallest absolute Gasteiger partial charge is 0.373 e. The van der Waals surface area contributed by atoms with Crippen LogP contribution >= 0.6 is 35.3 Å². The summed E-state index contributed by atoms with van der Waals surface area (Å²) in [7, 11) is 0. The number of aryl methyl sites for hydroxylation is 4. The van der Waals surface area contributed by atoms with Crippen LogP contribution in [0, 0.1) is 27.7 Å². The molecule has 0 aliphatic carbocycles. The van der Waals surface area contributed by atoms with Gasteiger partial charge in [-0.05, 0) is 94.0 Å². The first-order chi connectivity index (χ1) is 24.7. The lowest BCUT2D eigenvalue weighted by Crippen LogP contribution is -2.02. The number of hydrogen-bond donors (Lipinski definition) is 4. The van der Waals surface area contributed by atoms with Crippen LogP contribution in [-0.2, 0) is 19.2 Å². The highest BCUT2D eigenvalue weighted by atomic mass is 32.2. The number of nitrogens with one attached hydrogen (secondary N) is 1. The quantitative estimate of drug-likeness (QED) is 0.0553. The molecule has 0 spiro atoms. The van der Waals surface area contributed by atoms with Gasteiger partial charge in [-0.1, -0.05) is 59.7 Å². The summed E-state index contributed by atoms with van der Waals surface area (Å²) in [6, 6.07) is 25.2. The van der Waals surface area contributed by atoms with E-state index in [0.29, 0.717) is 11.3 Å². The molecular formula is C39H42N2O8S3. The van der Waals surface area contributed by atoms with Gasteiger partial charge in [-0.2, -0.15) is 19.2 Å². The zero-order chi connectivity index (χ0) is 39.6. The number of thioether (sulfide) groups is 3. The topological polar surface area (TPSA) is 181 Å². The van der Waals surface area contributed by atoms with Crippen molar-refractivity contribution in [1.29, 1.82) is 0 Å². The third kappa shape index (κ3) is 19.2.